The second-order valence-electron chi connectivity index (χ2n) is 5.72. The highest BCUT2D eigenvalue weighted by Gasteiger charge is 2.16. The second kappa shape index (κ2) is 8.09. The molecule has 0 aliphatic carbocycles. The normalized spacial score (nSPS) is 10.4. The van der Waals surface area contributed by atoms with E-state index in [0.717, 1.165) is 16.8 Å². The number of benzene rings is 2. The molecule has 0 aliphatic rings. The van der Waals surface area contributed by atoms with Crippen LogP contribution in [0.3, 0.4) is 0 Å². The first-order valence-electron chi connectivity index (χ1n) is 8.20. The highest BCUT2D eigenvalue weighted by Crippen LogP contribution is 2.33. The molecule has 140 valence electrons. The van der Waals surface area contributed by atoms with E-state index in [2.05, 4.69) is 10.3 Å². The Hall–Kier alpha value is -3.06. The molecule has 0 spiro atoms. The van der Waals surface area contributed by atoms with E-state index >= 15 is 0 Å². The van der Waals surface area contributed by atoms with Crippen LogP contribution in [0.2, 0.25) is 0 Å². The third-order valence-corrected chi connectivity index (χ3v) is 4.82. The molecule has 0 atom stereocenters. The van der Waals surface area contributed by atoms with Crippen LogP contribution in [0, 0.1) is 6.92 Å². The predicted octanol–water partition coefficient (Wildman–Crippen LogP) is 4.40. The fraction of sp³-hybridized carbons (Fsp3) is 0.200. The summed E-state index contributed by atoms with van der Waals surface area (Å²) in [7, 11) is 4.73. The van der Waals surface area contributed by atoms with Crippen molar-refractivity contribution in [2.75, 3.05) is 26.6 Å². The van der Waals surface area contributed by atoms with Gasteiger partial charge in [-0.2, -0.15) is 0 Å². The van der Waals surface area contributed by atoms with E-state index in [-0.39, 0.29) is 5.91 Å². The summed E-state index contributed by atoms with van der Waals surface area (Å²) in [6, 6.07) is 11.0. The van der Waals surface area contributed by atoms with Gasteiger partial charge in [0.15, 0.2) is 16.6 Å². The van der Waals surface area contributed by atoms with Crippen molar-refractivity contribution in [1.29, 1.82) is 0 Å². The van der Waals surface area contributed by atoms with Crippen LogP contribution >= 0.6 is 11.3 Å². The highest BCUT2D eigenvalue weighted by atomic mass is 32.1. The highest BCUT2D eigenvalue weighted by molar-refractivity contribution is 7.14. The molecule has 3 aromatic rings. The van der Waals surface area contributed by atoms with Crippen LogP contribution in [-0.2, 0) is 0 Å². The molecule has 0 aliphatic heterocycles. The van der Waals surface area contributed by atoms with Crippen LogP contribution in [-0.4, -0.2) is 32.2 Å². The molecule has 1 N–H and O–H groups in total. The summed E-state index contributed by atoms with van der Waals surface area (Å²) in [5.41, 5.74) is 2.99. The van der Waals surface area contributed by atoms with Gasteiger partial charge in [0.05, 0.1) is 32.6 Å². The van der Waals surface area contributed by atoms with Crippen molar-refractivity contribution in [2.24, 2.45) is 0 Å². The molecule has 7 heteroatoms. The first-order chi connectivity index (χ1) is 13.1. The lowest BCUT2D eigenvalue weighted by Gasteiger charge is -2.10. The summed E-state index contributed by atoms with van der Waals surface area (Å²) < 4.78 is 15.9. The standard InChI is InChI=1S/C20H20N2O4S/c1-12-6-5-7-14(18(12)26-4)19(23)22-20-21-15(11-27-20)13-8-9-16(24-2)17(10-13)25-3/h5-11H,1-4H3,(H,21,22,23). The summed E-state index contributed by atoms with van der Waals surface area (Å²) >= 11 is 1.35. The number of nitrogens with one attached hydrogen (secondary N) is 1. The van der Waals surface area contributed by atoms with Gasteiger partial charge in [0, 0.05) is 10.9 Å². The van der Waals surface area contributed by atoms with Crippen LogP contribution in [0.4, 0.5) is 5.13 Å². The Labute approximate surface area is 161 Å². The molecular weight excluding hydrogens is 364 g/mol. The largest absolute Gasteiger partial charge is 0.496 e. The summed E-state index contributed by atoms with van der Waals surface area (Å²) in [6.07, 6.45) is 0. The lowest BCUT2D eigenvalue weighted by Crippen LogP contribution is -2.13. The molecule has 1 heterocycles. The number of para-hydroxylation sites is 1. The minimum atomic E-state index is -0.260. The molecule has 2 aromatic carbocycles. The Morgan fingerprint density at radius 3 is 2.52 bits per heavy atom. The maximum Gasteiger partial charge on any atom is 0.261 e. The maximum absolute atomic E-state index is 12.6. The van der Waals surface area contributed by atoms with Gasteiger partial charge in [0.2, 0.25) is 0 Å². The quantitative estimate of drug-likeness (QED) is 0.682. The summed E-state index contributed by atoms with van der Waals surface area (Å²) in [5.74, 6) is 1.57. The SMILES string of the molecule is COc1ccc(-c2csc(NC(=O)c3cccc(C)c3OC)n2)cc1OC. The third kappa shape index (κ3) is 3.88. The Bertz CT molecular complexity index is 968. The predicted molar refractivity (Wildman–Crippen MR) is 106 cm³/mol. The van der Waals surface area contributed by atoms with Crippen molar-refractivity contribution >= 4 is 22.4 Å². The van der Waals surface area contributed by atoms with E-state index in [1.807, 2.05) is 42.6 Å². The van der Waals surface area contributed by atoms with E-state index in [0.29, 0.717) is 27.9 Å². The van der Waals surface area contributed by atoms with Crippen LogP contribution in [0.25, 0.3) is 11.3 Å². The van der Waals surface area contributed by atoms with Crippen LogP contribution in [0.5, 0.6) is 17.2 Å². The number of hydrogen-bond acceptors (Lipinski definition) is 6. The Morgan fingerprint density at radius 1 is 1.04 bits per heavy atom. The molecule has 0 saturated heterocycles. The number of hydrogen-bond donors (Lipinski definition) is 1. The minimum Gasteiger partial charge on any atom is -0.496 e. The molecular formula is C20H20N2O4S. The average molecular weight is 384 g/mol. The van der Waals surface area contributed by atoms with Gasteiger partial charge in [-0.15, -0.1) is 11.3 Å². The molecule has 0 saturated carbocycles. The Balaban J connectivity index is 1.83. The number of carbonyl (C=O) groups excluding carboxylic acids is 1. The Kier molecular flexibility index (Phi) is 5.61. The number of rotatable bonds is 6. The van der Waals surface area contributed by atoms with Gasteiger partial charge < -0.3 is 14.2 Å². The van der Waals surface area contributed by atoms with Gasteiger partial charge >= 0.3 is 0 Å². The molecule has 0 unspecified atom stereocenters. The smallest absolute Gasteiger partial charge is 0.261 e. The fourth-order valence-corrected chi connectivity index (χ4v) is 3.44. The van der Waals surface area contributed by atoms with Gasteiger partial charge in [-0.25, -0.2) is 4.98 Å². The first-order valence-corrected chi connectivity index (χ1v) is 9.08. The number of methoxy groups -OCH3 is 3. The van der Waals surface area contributed by atoms with E-state index in [9.17, 15) is 4.79 Å². The molecule has 0 fully saturated rings. The number of amides is 1. The van der Waals surface area contributed by atoms with Gasteiger partial charge in [0.1, 0.15) is 5.75 Å². The number of anilines is 1. The molecule has 0 radical (unpaired) electrons. The van der Waals surface area contributed by atoms with Gasteiger partial charge in [-0.05, 0) is 36.8 Å². The van der Waals surface area contributed by atoms with Crippen molar-refractivity contribution < 1.29 is 19.0 Å². The van der Waals surface area contributed by atoms with Crippen LogP contribution in [0.15, 0.2) is 41.8 Å². The Morgan fingerprint density at radius 2 is 1.81 bits per heavy atom. The number of carbonyl (C=O) groups is 1. The topological polar surface area (TPSA) is 69.7 Å². The zero-order chi connectivity index (χ0) is 19.4. The number of thiazole rings is 1. The zero-order valence-corrected chi connectivity index (χ0v) is 16.3. The second-order valence-corrected chi connectivity index (χ2v) is 6.58. The van der Waals surface area contributed by atoms with E-state index in [1.54, 1.807) is 27.4 Å². The lowest BCUT2D eigenvalue weighted by atomic mass is 10.1. The van der Waals surface area contributed by atoms with E-state index in [1.165, 1.54) is 11.3 Å². The number of ether oxygens (including phenoxy) is 3. The third-order valence-electron chi connectivity index (χ3n) is 4.06. The first kappa shape index (κ1) is 18.7. The van der Waals surface area contributed by atoms with Crippen molar-refractivity contribution in [1.82, 2.24) is 4.98 Å². The molecule has 1 amide bonds. The van der Waals surface area contributed by atoms with Crippen molar-refractivity contribution in [2.45, 2.75) is 6.92 Å². The van der Waals surface area contributed by atoms with E-state index in [4.69, 9.17) is 14.2 Å². The molecule has 3 rings (SSSR count). The van der Waals surface area contributed by atoms with Crippen molar-refractivity contribution in [3.8, 4) is 28.5 Å². The molecule has 1 aromatic heterocycles. The molecule has 6 nitrogen and oxygen atoms in total. The summed E-state index contributed by atoms with van der Waals surface area (Å²) in [4.78, 5) is 17.1. The monoisotopic (exact) mass is 384 g/mol. The summed E-state index contributed by atoms with van der Waals surface area (Å²) in [6.45, 7) is 1.90. The van der Waals surface area contributed by atoms with Crippen molar-refractivity contribution in [3.05, 3.63) is 52.9 Å². The minimum absolute atomic E-state index is 0.260. The molecule has 27 heavy (non-hydrogen) atoms. The number of aryl methyl sites for hydroxylation is 1. The maximum atomic E-state index is 12.6. The van der Waals surface area contributed by atoms with Crippen LogP contribution < -0.4 is 19.5 Å². The van der Waals surface area contributed by atoms with Crippen molar-refractivity contribution in [3.63, 3.8) is 0 Å². The lowest BCUT2D eigenvalue weighted by molar-refractivity contribution is 0.102. The van der Waals surface area contributed by atoms with Gasteiger partial charge in [-0.3, -0.25) is 10.1 Å². The zero-order valence-electron chi connectivity index (χ0n) is 15.5. The van der Waals surface area contributed by atoms with Gasteiger partial charge in [-0.1, -0.05) is 12.1 Å². The number of aromatic nitrogens is 1. The van der Waals surface area contributed by atoms with Crippen LogP contribution in [0.1, 0.15) is 15.9 Å². The van der Waals surface area contributed by atoms with E-state index < -0.39 is 0 Å². The number of nitrogens with zero attached hydrogens (tertiary/aromatic N) is 1. The molecule has 0 bridgehead atoms. The average Bonchev–Trinajstić information content (AvgIpc) is 3.15. The van der Waals surface area contributed by atoms with Gasteiger partial charge in [0.25, 0.3) is 5.91 Å². The summed E-state index contributed by atoms with van der Waals surface area (Å²) in [5, 5.41) is 5.22. The fourth-order valence-electron chi connectivity index (χ4n) is 2.73.